The second-order valence-electron chi connectivity index (χ2n) is 9.39. The summed E-state index contributed by atoms with van der Waals surface area (Å²) in [5.74, 6) is 0.197. The van der Waals surface area contributed by atoms with Crippen molar-refractivity contribution in [3.8, 4) is 11.5 Å². The first-order chi connectivity index (χ1) is 16.0. The molecule has 0 unspecified atom stereocenters. The summed E-state index contributed by atoms with van der Waals surface area (Å²) < 4.78 is 25.4. The zero-order chi connectivity index (χ0) is 25.0. The molecule has 1 aliphatic heterocycles. The number of nitrogens with one attached hydrogen (secondary N) is 1. The summed E-state index contributed by atoms with van der Waals surface area (Å²) in [4.78, 5) is 37.0. The zero-order valence-corrected chi connectivity index (χ0v) is 20.5. The third-order valence-electron chi connectivity index (χ3n) is 5.18. The van der Waals surface area contributed by atoms with Gasteiger partial charge in [0.2, 0.25) is 0 Å². The fraction of sp³-hybridized carbons (Fsp3) is 0.500. The molecule has 0 saturated carbocycles. The molecule has 2 amide bonds. The number of carbonyl (C=O) groups is 2. The molecule has 10 heteroatoms. The molecule has 0 atom stereocenters. The average Bonchev–Trinajstić information content (AvgIpc) is 2.71. The highest BCUT2D eigenvalue weighted by molar-refractivity contribution is 5.97. The summed E-state index contributed by atoms with van der Waals surface area (Å²) in [6.07, 6.45) is 2.41. The van der Waals surface area contributed by atoms with Gasteiger partial charge in [0.05, 0.1) is 17.8 Å². The highest BCUT2D eigenvalue weighted by Gasteiger charge is 2.33. The van der Waals surface area contributed by atoms with E-state index in [4.69, 9.17) is 9.47 Å². The number of anilines is 1. The van der Waals surface area contributed by atoms with Crippen LogP contribution in [0.4, 0.5) is 15.0 Å². The highest BCUT2D eigenvalue weighted by atomic mass is 19.1. The minimum Gasteiger partial charge on any atom is -0.451 e. The van der Waals surface area contributed by atoms with E-state index in [9.17, 15) is 14.0 Å². The Kier molecular flexibility index (Phi) is 7.58. The molecule has 0 radical (unpaired) electrons. The number of halogens is 1. The maximum Gasteiger partial charge on any atom is 0.407 e. The lowest BCUT2D eigenvalue weighted by Gasteiger charge is -2.40. The van der Waals surface area contributed by atoms with Gasteiger partial charge in [0.15, 0.2) is 11.6 Å². The fourth-order valence-electron chi connectivity index (χ4n) is 3.61. The second kappa shape index (κ2) is 10.2. The van der Waals surface area contributed by atoms with Crippen LogP contribution in [-0.4, -0.2) is 64.2 Å². The van der Waals surface area contributed by atoms with Crippen LogP contribution >= 0.6 is 0 Å². The predicted octanol–water partition coefficient (Wildman–Crippen LogP) is 3.99. The van der Waals surface area contributed by atoms with Gasteiger partial charge in [-0.05, 0) is 59.7 Å². The quantitative estimate of drug-likeness (QED) is 0.649. The van der Waals surface area contributed by atoms with Gasteiger partial charge in [-0.25, -0.2) is 19.2 Å². The van der Waals surface area contributed by atoms with E-state index >= 15 is 0 Å². The normalized spacial score (nSPS) is 13.9. The Balaban J connectivity index is 1.76. The van der Waals surface area contributed by atoms with E-state index in [1.165, 1.54) is 30.7 Å². The van der Waals surface area contributed by atoms with Gasteiger partial charge in [-0.15, -0.1) is 0 Å². The number of amides is 2. The molecule has 0 bridgehead atoms. The Morgan fingerprint density at radius 1 is 1.26 bits per heavy atom. The lowest BCUT2D eigenvalue weighted by atomic mass is 10.1. The molecule has 34 heavy (non-hydrogen) atoms. The molecule has 1 aliphatic rings. The van der Waals surface area contributed by atoms with Gasteiger partial charge >= 0.3 is 6.09 Å². The summed E-state index contributed by atoms with van der Waals surface area (Å²) in [7, 11) is 0. The molecule has 1 aromatic heterocycles. The van der Waals surface area contributed by atoms with Crippen LogP contribution in [0.15, 0.2) is 30.7 Å². The van der Waals surface area contributed by atoms with Gasteiger partial charge < -0.3 is 24.6 Å². The van der Waals surface area contributed by atoms with E-state index < -0.39 is 17.5 Å². The molecule has 0 aliphatic carbocycles. The lowest BCUT2D eigenvalue weighted by Crippen LogP contribution is -2.60. The van der Waals surface area contributed by atoms with E-state index in [1.807, 2.05) is 25.7 Å². The fourth-order valence-corrected chi connectivity index (χ4v) is 3.61. The largest absolute Gasteiger partial charge is 0.451 e. The van der Waals surface area contributed by atoms with Gasteiger partial charge in [-0.2, -0.15) is 0 Å². The molecular formula is C24H32FN5O4. The number of rotatable bonds is 7. The number of carbonyl (C=O) groups excluding carboxylic acids is 2. The van der Waals surface area contributed by atoms with Crippen molar-refractivity contribution in [1.29, 1.82) is 0 Å². The molecule has 184 valence electrons. The number of ether oxygens (including phenoxy) is 2. The van der Waals surface area contributed by atoms with Crippen LogP contribution < -0.4 is 15.0 Å². The number of nitrogens with zero attached hydrogens (tertiary/aromatic N) is 4. The first kappa shape index (κ1) is 25.2. The van der Waals surface area contributed by atoms with Crippen LogP contribution in [0, 0.1) is 5.82 Å². The summed E-state index contributed by atoms with van der Waals surface area (Å²) in [5.41, 5.74) is -0.451. The van der Waals surface area contributed by atoms with Crippen LogP contribution in [0.2, 0.25) is 0 Å². The summed E-state index contributed by atoms with van der Waals surface area (Å²) >= 11 is 0. The van der Waals surface area contributed by atoms with E-state index in [2.05, 4.69) is 15.3 Å². The maximum atomic E-state index is 14.0. The Morgan fingerprint density at radius 2 is 1.97 bits per heavy atom. The van der Waals surface area contributed by atoms with E-state index in [1.54, 1.807) is 25.7 Å². The summed E-state index contributed by atoms with van der Waals surface area (Å²) in [5, 5.41) is 2.82. The predicted molar refractivity (Wildman–Crippen MR) is 126 cm³/mol. The Labute approximate surface area is 199 Å². The van der Waals surface area contributed by atoms with Crippen LogP contribution in [0.1, 0.15) is 51.9 Å². The van der Waals surface area contributed by atoms with Gasteiger partial charge in [0, 0.05) is 25.7 Å². The third kappa shape index (κ3) is 6.12. The SMILES string of the molecule is CCN(C(=O)c1cc(F)ccc1Oc1cncnc1N1CC(NC(=O)OC(C)(C)C)C1)C(C)C. The molecule has 1 aromatic carbocycles. The number of alkyl carbamates (subject to hydrolysis) is 1. The van der Waals surface area contributed by atoms with Gasteiger partial charge in [0.25, 0.3) is 5.91 Å². The number of hydrogen-bond donors (Lipinski definition) is 1. The summed E-state index contributed by atoms with van der Waals surface area (Å²) in [6, 6.07) is 3.68. The first-order valence-electron chi connectivity index (χ1n) is 11.3. The zero-order valence-electron chi connectivity index (χ0n) is 20.5. The minimum absolute atomic E-state index is 0.0558. The maximum absolute atomic E-state index is 14.0. The van der Waals surface area contributed by atoms with Crippen molar-refractivity contribution in [1.82, 2.24) is 20.2 Å². The van der Waals surface area contributed by atoms with Crippen molar-refractivity contribution in [2.45, 2.75) is 59.2 Å². The van der Waals surface area contributed by atoms with Crippen molar-refractivity contribution < 1.29 is 23.5 Å². The number of aromatic nitrogens is 2. The van der Waals surface area contributed by atoms with Crippen molar-refractivity contribution >= 4 is 17.8 Å². The van der Waals surface area contributed by atoms with Crippen molar-refractivity contribution in [2.75, 3.05) is 24.5 Å². The minimum atomic E-state index is -0.575. The Bertz CT molecular complexity index is 1030. The number of benzene rings is 1. The first-order valence-corrected chi connectivity index (χ1v) is 11.3. The molecule has 1 N–H and O–H groups in total. The van der Waals surface area contributed by atoms with Crippen molar-refractivity contribution in [3.05, 3.63) is 42.1 Å². The van der Waals surface area contributed by atoms with E-state index in [0.717, 1.165) is 0 Å². The second-order valence-corrected chi connectivity index (χ2v) is 9.39. The number of hydrogen-bond acceptors (Lipinski definition) is 7. The molecule has 2 heterocycles. The molecule has 2 aromatic rings. The standard InChI is InChI=1S/C24H32FN5O4/c1-7-30(15(2)3)22(31)18-10-16(25)8-9-19(18)33-20-11-26-14-27-21(20)29-12-17(13-29)28-23(32)34-24(4,5)6/h8-11,14-15,17H,7,12-13H2,1-6H3,(H,28,32). The van der Waals surface area contributed by atoms with Crippen LogP contribution in [0.3, 0.4) is 0 Å². The third-order valence-corrected chi connectivity index (χ3v) is 5.18. The van der Waals surface area contributed by atoms with Crippen molar-refractivity contribution in [2.24, 2.45) is 0 Å². The van der Waals surface area contributed by atoms with Crippen LogP contribution in [0.25, 0.3) is 0 Å². The van der Waals surface area contributed by atoms with Gasteiger partial charge in [0.1, 0.15) is 23.5 Å². The molecule has 1 fully saturated rings. The van der Waals surface area contributed by atoms with Crippen LogP contribution in [0.5, 0.6) is 11.5 Å². The Hall–Kier alpha value is -3.43. The molecule has 9 nitrogen and oxygen atoms in total. The molecule has 0 spiro atoms. The van der Waals surface area contributed by atoms with Crippen molar-refractivity contribution in [3.63, 3.8) is 0 Å². The van der Waals surface area contributed by atoms with E-state index in [0.29, 0.717) is 31.2 Å². The smallest absolute Gasteiger partial charge is 0.407 e. The highest BCUT2D eigenvalue weighted by Crippen LogP contribution is 2.34. The van der Waals surface area contributed by atoms with Crippen LogP contribution in [-0.2, 0) is 4.74 Å². The lowest BCUT2D eigenvalue weighted by molar-refractivity contribution is 0.0495. The van der Waals surface area contributed by atoms with Gasteiger partial charge in [-0.3, -0.25) is 4.79 Å². The Morgan fingerprint density at radius 3 is 2.59 bits per heavy atom. The monoisotopic (exact) mass is 473 g/mol. The summed E-state index contributed by atoms with van der Waals surface area (Å²) in [6.45, 7) is 12.6. The topological polar surface area (TPSA) is 96.9 Å². The van der Waals surface area contributed by atoms with Gasteiger partial charge in [-0.1, -0.05) is 0 Å². The van der Waals surface area contributed by atoms with E-state index in [-0.39, 0.29) is 29.3 Å². The molecule has 1 saturated heterocycles. The molecular weight excluding hydrogens is 441 g/mol. The molecule has 3 rings (SSSR count). The average molecular weight is 474 g/mol.